The normalized spacial score (nSPS) is 12.2. The predicted octanol–water partition coefficient (Wildman–Crippen LogP) is 5.20. The van der Waals surface area contributed by atoms with E-state index in [-0.39, 0.29) is 12.1 Å². The standard InChI is InChI=1S/C16H23IO2/c1-3-4-5-6-7-8-13(2)19-16(18)14-9-11-15(17)12-10-14/h9-13H,3-8H2,1-2H3/t13-/m1/s1. The molecular formula is C16H23IO2. The van der Waals surface area contributed by atoms with E-state index in [2.05, 4.69) is 29.5 Å². The molecule has 3 heteroatoms. The number of esters is 1. The minimum atomic E-state index is -0.211. The molecule has 1 aromatic rings. The first-order valence-electron chi connectivity index (χ1n) is 7.10. The van der Waals surface area contributed by atoms with Gasteiger partial charge in [0, 0.05) is 3.57 Å². The van der Waals surface area contributed by atoms with Crippen LogP contribution in [0, 0.1) is 3.57 Å². The average Bonchev–Trinajstić information content (AvgIpc) is 2.39. The van der Waals surface area contributed by atoms with Crippen LogP contribution in [0.4, 0.5) is 0 Å². The van der Waals surface area contributed by atoms with Crippen molar-refractivity contribution >= 4 is 28.6 Å². The molecule has 1 aromatic carbocycles. The fourth-order valence-corrected chi connectivity index (χ4v) is 2.29. The molecule has 0 spiro atoms. The van der Waals surface area contributed by atoms with Gasteiger partial charge < -0.3 is 4.74 Å². The van der Waals surface area contributed by atoms with E-state index in [0.717, 1.165) is 16.4 Å². The number of hydrogen-bond acceptors (Lipinski definition) is 2. The van der Waals surface area contributed by atoms with Crippen molar-refractivity contribution in [1.82, 2.24) is 0 Å². The Morgan fingerprint density at radius 2 is 1.79 bits per heavy atom. The first-order valence-corrected chi connectivity index (χ1v) is 8.18. The predicted molar refractivity (Wildman–Crippen MR) is 87.4 cm³/mol. The van der Waals surface area contributed by atoms with E-state index >= 15 is 0 Å². The van der Waals surface area contributed by atoms with E-state index in [9.17, 15) is 4.79 Å². The summed E-state index contributed by atoms with van der Waals surface area (Å²) in [6, 6.07) is 7.48. The summed E-state index contributed by atoms with van der Waals surface area (Å²) < 4.78 is 6.56. The van der Waals surface area contributed by atoms with Gasteiger partial charge in [0.05, 0.1) is 11.7 Å². The fourth-order valence-electron chi connectivity index (χ4n) is 1.93. The zero-order valence-corrected chi connectivity index (χ0v) is 14.0. The number of carbonyl (C=O) groups is 1. The summed E-state index contributed by atoms with van der Waals surface area (Å²) in [6.07, 6.45) is 7.19. The largest absolute Gasteiger partial charge is 0.459 e. The van der Waals surface area contributed by atoms with Crippen LogP contribution in [-0.4, -0.2) is 12.1 Å². The zero-order chi connectivity index (χ0) is 14.1. The molecule has 0 saturated carbocycles. The molecule has 0 aliphatic carbocycles. The van der Waals surface area contributed by atoms with Gasteiger partial charge in [0.25, 0.3) is 0 Å². The molecule has 0 aromatic heterocycles. The van der Waals surface area contributed by atoms with Gasteiger partial charge in [0.2, 0.25) is 0 Å². The minimum Gasteiger partial charge on any atom is -0.459 e. The van der Waals surface area contributed by atoms with Crippen LogP contribution in [0.3, 0.4) is 0 Å². The van der Waals surface area contributed by atoms with Crippen molar-refractivity contribution in [2.45, 2.75) is 58.5 Å². The number of hydrogen-bond donors (Lipinski definition) is 0. The molecule has 0 aliphatic rings. The molecule has 0 fully saturated rings. The van der Waals surface area contributed by atoms with Crippen LogP contribution in [0.1, 0.15) is 62.7 Å². The van der Waals surface area contributed by atoms with Crippen molar-refractivity contribution < 1.29 is 9.53 Å². The lowest BCUT2D eigenvalue weighted by Gasteiger charge is -2.13. The van der Waals surface area contributed by atoms with Gasteiger partial charge >= 0.3 is 5.97 Å². The molecule has 0 heterocycles. The summed E-state index contributed by atoms with van der Waals surface area (Å²) in [7, 11) is 0. The lowest BCUT2D eigenvalue weighted by molar-refractivity contribution is 0.0319. The maximum Gasteiger partial charge on any atom is 0.338 e. The Balaban J connectivity index is 2.26. The molecule has 106 valence electrons. The minimum absolute atomic E-state index is 0.00778. The Morgan fingerprint density at radius 1 is 1.16 bits per heavy atom. The highest BCUT2D eigenvalue weighted by molar-refractivity contribution is 14.1. The monoisotopic (exact) mass is 374 g/mol. The maximum absolute atomic E-state index is 11.9. The summed E-state index contributed by atoms with van der Waals surface area (Å²) in [6.45, 7) is 4.19. The van der Waals surface area contributed by atoms with E-state index in [1.807, 2.05) is 31.2 Å². The van der Waals surface area contributed by atoms with Crippen molar-refractivity contribution in [2.75, 3.05) is 0 Å². The molecular weight excluding hydrogens is 351 g/mol. The first-order chi connectivity index (χ1) is 9.13. The summed E-state index contributed by atoms with van der Waals surface area (Å²) in [5.74, 6) is -0.211. The van der Waals surface area contributed by atoms with Crippen molar-refractivity contribution in [2.24, 2.45) is 0 Å². The van der Waals surface area contributed by atoms with E-state index in [1.165, 1.54) is 25.7 Å². The lowest BCUT2D eigenvalue weighted by Crippen LogP contribution is -2.15. The third-order valence-corrected chi connectivity index (χ3v) is 3.82. The molecule has 1 atom stereocenters. The Bertz CT molecular complexity index is 373. The summed E-state index contributed by atoms with van der Waals surface area (Å²) in [5.41, 5.74) is 0.637. The van der Waals surface area contributed by atoms with Gasteiger partial charge in [0.15, 0.2) is 0 Å². The molecule has 2 nitrogen and oxygen atoms in total. The number of carbonyl (C=O) groups excluding carboxylic acids is 1. The van der Waals surface area contributed by atoms with Crippen molar-refractivity contribution in [3.8, 4) is 0 Å². The van der Waals surface area contributed by atoms with Gasteiger partial charge in [-0.25, -0.2) is 4.79 Å². The summed E-state index contributed by atoms with van der Waals surface area (Å²) in [5, 5.41) is 0. The summed E-state index contributed by atoms with van der Waals surface area (Å²) in [4.78, 5) is 11.9. The highest BCUT2D eigenvalue weighted by Gasteiger charge is 2.11. The van der Waals surface area contributed by atoms with Gasteiger partial charge in [0.1, 0.15) is 0 Å². The van der Waals surface area contributed by atoms with E-state index < -0.39 is 0 Å². The Kier molecular flexibility index (Phi) is 8.10. The molecule has 0 N–H and O–H groups in total. The first kappa shape index (κ1) is 16.5. The van der Waals surface area contributed by atoms with Crippen LogP contribution in [0.2, 0.25) is 0 Å². The number of benzene rings is 1. The second kappa shape index (κ2) is 9.34. The van der Waals surface area contributed by atoms with Crippen molar-refractivity contribution in [3.05, 3.63) is 33.4 Å². The molecule has 0 radical (unpaired) electrons. The Labute approximate surface area is 130 Å². The van der Waals surface area contributed by atoms with Crippen molar-refractivity contribution in [1.29, 1.82) is 0 Å². The smallest absolute Gasteiger partial charge is 0.338 e. The second-order valence-electron chi connectivity index (χ2n) is 4.93. The van der Waals surface area contributed by atoms with Crippen LogP contribution < -0.4 is 0 Å². The molecule has 0 saturated heterocycles. The second-order valence-corrected chi connectivity index (χ2v) is 6.17. The number of halogens is 1. The van der Waals surface area contributed by atoms with Crippen LogP contribution in [-0.2, 0) is 4.74 Å². The van der Waals surface area contributed by atoms with Crippen molar-refractivity contribution in [3.63, 3.8) is 0 Å². The molecule has 0 amide bonds. The van der Waals surface area contributed by atoms with E-state index in [0.29, 0.717) is 5.56 Å². The highest BCUT2D eigenvalue weighted by atomic mass is 127. The molecule has 0 unspecified atom stereocenters. The molecule has 19 heavy (non-hydrogen) atoms. The zero-order valence-electron chi connectivity index (χ0n) is 11.8. The quantitative estimate of drug-likeness (QED) is 0.355. The Morgan fingerprint density at radius 3 is 2.42 bits per heavy atom. The van der Waals surface area contributed by atoms with Crippen LogP contribution in [0.5, 0.6) is 0 Å². The third kappa shape index (κ3) is 6.95. The lowest BCUT2D eigenvalue weighted by atomic mass is 10.1. The van der Waals surface area contributed by atoms with E-state index in [1.54, 1.807) is 0 Å². The topological polar surface area (TPSA) is 26.3 Å². The van der Waals surface area contributed by atoms with Gasteiger partial charge in [-0.1, -0.05) is 32.6 Å². The van der Waals surface area contributed by atoms with Gasteiger partial charge in [-0.2, -0.15) is 0 Å². The number of rotatable bonds is 8. The molecule has 1 rings (SSSR count). The third-order valence-electron chi connectivity index (χ3n) is 3.10. The highest BCUT2D eigenvalue weighted by Crippen LogP contribution is 2.12. The summed E-state index contributed by atoms with van der Waals surface area (Å²) >= 11 is 2.22. The average molecular weight is 374 g/mol. The van der Waals surface area contributed by atoms with Gasteiger partial charge in [-0.15, -0.1) is 0 Å². The molecule has 0 bridgehead atoms. The molecule has 0 aliphatic heterocycles. The number of unbranched alkanes of at least 4 members (excludes halogenated alkanes) is 4. The fraction of sp³-hybridized carbons (Fsp3) is 0.562. The van der Waals surface area contributed by atoms with Gasteiger partial charge in [-0.3, -0.25) is 0 Å². The van der Waals surface area contributed by atoms with Crippen LogP contribution in [0.25, 0.3) is 0 Å². The Hall–Kier alpha value is -0.580. The van der Waals surface area contributed by atoms with Crippen LogP contribution in [0.15, 0.2) is 24.3 Å². The van der Waals surface area contributed by atoms with E-state index in [4.69, 9.17) is 4.74 Å². The maximum atomic E-state index is 11.9. The van der Waals surface area contributed by atoms with Crippen LogP contribution >= 0.6 is 22.6 Å². The van der Waals surface area contributed by atoms with Gasteiger partial charge in [-0.05, 0) is 66.6 Å². The number of ether oxygens (including phenoxy) is 1. The SMILES string of the molecule is CCCCCCC[C@@H](C)OC(=O)c1ccc(I)cc1.